The van der Waals surface area contributed by atoms with Crippen LogP contribution in [0.25, 0.3) is 0 Å². The predicted octanol–water partition coefficient (Wildman–Crippen LogP) is 0.511. The molecule has 0 heterocycles. The molecule has 0 aliphatic heterocycles. The highest BCUT2D eigenvalue weighted by Crippen LogP contribution is 2.18. The summed E-state index contributed by atoms with van der Waals surface area (Å²) in [7, 11) is 1.47. The van der Waals surface area contributed by atoms with Gasteiger partial charge in [-0.3, -0.25) is 10.5 Å². The lowest BCUT2D eigenvalue weighted by Gasteiger charge is -2.19. The van der Waals surface area contributed by atoms with Crippen molar-refractivity contribution >= 4 is 5.91 Å². The summed E-state index contributed by atoms with van der Waals surface area (Å²) in [4.78, 5) is 10.8. The predicted molar refractivity (Wildman–Crippen MR) is 52.3 cm³/mol. The molecule has 0 aromatic heterocycles. The molecule has 0 spiro atoms. The number of methoxy groups -OCH3 is 1. The maximum Gasteiger partial charge on any atom is 0.258 e. The molecule has 4 heteroatoms. The summed E-state index contributed by atoms with van der Waals surface area (Å²) in [6.07, 6.45) is -0.541. The van der Waals surface area contributed by atoms with Crippen LogP contribution in [0.2, 0.25) is 0 Å². The van der Waals surface area contributed by atoms with Gasteiger partial charge in [0.15, 0.2) is 0 Å². The number of hydrogen-bond acceptors (Lipinski definition) is 3. The highest BCUT2D eigenvalue weighted by Gasteiger charge is 2.24. The Morgan fingerprint density at radius 1 is 1.43 bits per heavy atom. The number of nitrogens with one attached hydrogen (secondary N) is 1. The summed E-state index contributed by atoms with van der Waals surface area (Å²) < 4.78 is 5.09. The largest absolute Gasteiger partial charge is 0.375 e. The minimum atomic E-state index is -0.928. The normalized spacial score (nSPS) is 14.7. The topological polar surface area (TPSA) is 76.1 Å². The van der Waals surface area contributed by atoms with E-state index >= 15 is 0 Å². The lowest BCUT2D eigenvalue weighted by atomic mass is 10.0. The van der Waals surface area contributed by atoms with Crippen molar-refractivity contribution in [1.29, 1.82) is 0 Å². The lowest BCUT2D eigenvalue weighted by Crippen LogP contribution is -2.38. The lowest BCUT2D eigenvalue weighted by molar-refractivity contribution is -0.123. The van der Waals surface area contributed by atoms with E-state index in [0.29, 0.717) is 0 Å². The summed E-state index contributed by atoms with van der Waals surface area (Å²) in [6, 6.07) is 8.24. The number of amides is 1. The van der Waals surface area contributed by atoms with Crippen LogP contribution in [0.15, 0.2) is 30.3 Å². The van der Waals surface area contributed by atoms with Gasteiger partial charge in [0.05, 0.1) is 0 Å². The zero-order valence-electron chi connectivity index (χ0n) is 7.94. The second kappa shape index (κ2) is 4.74. The number of ether oxygens (including phenoxy) is 1. The second-order valence-electron chi connectivity index (χ2n) is 2.96. The Labute approximate surface area is 82.8 Å². The van der Waals surface area contributed by atoms with Crippen LogP contribution in [0, 0.1) is 0 Å². The molecule has 1 aromatic carbocycles. The van der Waals surface area contributed by atoms with Gasteiger partial charge in [-0.2, -0.15) is 0 Å². The van der Waals surface area contributed by atoms with E-state index < -0.39 is 18.1 Å². The number of carbonyl (C=O) groups is 1. The third kappa shape index (κ3) is 2.31. The molecule has 0 bridgehead atoms. The van der Waals surface area contributed by atoms with E-state index in [-0.39, 0.29) is 0 Å². The molecule has 1 aromatic rings. The van der Waals surface area contributed by atoms with E-state index in [0.717, 1.165) is 5.56 Å². The second-order valence-corrected chi connectivity index (χ2v) is 2.96. The quantitative estimate of drug-likeness (QED) is 0.756. The molecule has 1 rings (SSSR count). The molecule has 4 nitrogen and oxygen atoms in total. The standard InChI is InChI=1S/C10H13N2O2/c1-14-9(8(11)10(12)13)7-5-3-2-4-6-7/h2-6,8-9,12H,11H2,1H3/t8-,9?/m0/s1. The third-order valence-corrected chi connectivity index (χ3v) is 2.01. The van der Waals surface area contributed by atoms with Gasteiger partial charge in [-0.25, -0.2) is 0 Å². The first kappa shape index (κ1) is 10.7. The van der Waals surface area contributed by atoms with Crippen molar-refractivity contribution in [2.24, 2.45) is 5.73 Å². The van der Waals surface area contributed by atoms with Crippen LogP contribution in [0.4, 0.5) is 0 Å². The van der Waals surface area contributed by atoms with Gasteiger partial charge < -0.3 is 10.5 Å². The van der Waals surface area contributed by atoms with Crippen LogP contribution < -0.4 is 11.5 Å². The van der Waals surface area contributed by atoms with Gasteiger partial charge in [0.1, 0.15) is 12.1 Å². The fourth-order valence-corrected chi connectivity index (χ4v) is 1.27. The Hall–Kier alpha value is -1.39. The number of carbonyl (C=O) groups excluding carboxylic acids is 1. The molecule has 0 fully saturated rings. The average Bonchev–Trinajstić information content (AvgIpc) is 2.20. The molecular weight excluding hydrogens is 180 g/mol. The van der Waals surface area contributed by atoms with Gasteiger partial charge in [-0.05, 0) is 5.56 Å². The summed E-state index contributed by atoms with van der Waals surface area (Å²) >= 11 is 0. The molecule has 0 saturated carbocycles. The van der Waals surface area contributed by atoms with Crippen LogP contribution in [0.1, 0.15) is 11.7 Å². The number of hydrogen-bond donors (Lipinski definition) is 1. The summed E-state index contributed by atoms with van der Waals surface area (Å²) in [5.74, 6) is -0.819. The van der Waals surface area contributed by atoms with Crippen LogP contribution in [0.5, 0.6) is 0 Å². The Morgan fingerprint density at radius 2 is 2.00 bits per heavy atom. The monoisotopic (exact) mass is 193 g/mol. The third-order valence-electron chi connectivity index (χ3n) is 2.01. The van der Waals surface area contributed by atoms with Crippen LogP contribution in [-0.2, 0) is 9.53 Å². The molecule has 0 aliphatic carbocycles. The van der Waals surface area contributed by atoms with E-state index in [9.17, 15) is 4.79 Å². The Bertz CT molecular complexity index is 300. The molecule has 0 aliphatic rings. The van der Waals surface area contributed by atoms with E-state index in [2.05, 4.69) is 0 Å². The van der Waals surface area contributed by atoms with Gasteiger partial charge >= 0.3 is 0 Å². The maximum atomic E-state index is 10.8. The van der Waals surface area contributed by atoms with Crippen molar-refractivity contribution in [3.05, 3.63) is 35.9 Å². The van der Waals surface area contributed by atoms with Crippen molar-refractivity contribution < 1.29 is 9.53 Å². The number of benzene rings is 1. The molecular formula is C10H13N2O2. The summed E-state index contributed by atoms with van der Waals surface area (Å²) in [5, 5.41) is 0. The first-order valence-electron chi connectivity index (χ1n) is 4.25. The summed E-state index contributed by atoms with van der Waals surface area (Å²) in [6.45, 7) is 0. The van der Waals surface area contributed by atoms with Gasteiger partial charge in [0.25, 0.3) is 5.91 Å². The Balaban J connectivity index is 2.87. The smallest absolute Gasteiger partial charge is 0.258 e. The summed E-state index contributed by atoms with van der Waals surface area (Å²) in [5.41, 5.74) is 13.3. The van der Waals surface area contributed by atoms with Gasteiger partial charge in [0, 0.05) is 7.11 Å². The molecule has 0 saturated heterocycles. The minimum absolute atomic E-state index is 0.541. The van der Waals surface area contributed by atoms with E-state index in [4.69, 9.17) is 16.2 Å². The fraction of sp³-hybridized carbons (Fsp3) is 0.300. The first-order valence-corrected chi connectivity index (χ1v) is 4.25. The van der Waals surface area contributed by atoms with E-state index in [1.807, 2.05) is 30.3 Å². The molecule has 1 amide bonds. The van der Waals surface area contributed by atoms with Crippen LogP contribution in [0.3, 0.4) is 0 Å². The van der Waals surface area contributed by atoms with Crippen molar-refractivity contribution in [3.8, 4) is 0 Å². The molecule has 75 valence electrons. The number of rotatable bonds is 4. The molecule has 1 unspecified atom stereocenters. The van der Waals surface area contributed by atoms with Crippen molar-refractivity contribution in [3.63, 3.8) is 0 Å². The Kier molecular flexibility index (Phi) is 3.62. The van der Waals surface area contributed by atoms with Crippen LogP contribution >= 0.6 is 0 Å². The van der Waals surface area contributed by atoms with Crippen molar-refractivity contribution in [1.82, 2.24) is 5.73 Å². The Morgan fingerprint density at radius 3 is 2.43 bits per heavy atom. The molecule has 3 N–H and O–H groups in total. The SMILES string of the molecule is COC(c1ccccc1)[C@H](N)C([NH])=O. The maximum absolute atomic E-state index is 10.8. The average molecular weight is 193 g/mol. The fourth-order valence-electron chi connectivity index (χ4n) is 1.27. The van der Waals surface area contributed by atoms with Gasteiger partial charge in [0.2, 0.25) is 0 Å². The minimum Gasteiger partial charge on any atom is -0.375 e. The van der Waals surface area contributed by atoms with Gasteiger partial charge in [-0.1, -0.05) is 30.3 Å². The van der Waals surface area contributed by atoms with E-state index in [1.54, 1.807) is 0 Å². The van der Waals surface area contributed by atoms with Crippen LogP contribution in [-0.4, -0.2) is 19.1 Å². The highest BCUT2D eigenvalue weighted by molar-refractivity contribution is 5.79. The zero-order chi connectivity index (χ0) is 10.6. The molecule has 2 atom stereocenters. The van der Waals surface area contributed by atoms with Crippen molar-refractivity contribution in [2.75, 3.05) is 7.11 Å². The van der Waals surface area contributed by atoms with E-state index in [1.165, 1.54) is 7.11 Å². The highest BCUT2D eigenvalue weighted by atomic mass is 16.5. The van der Waals surface area contributed by atoms with Gasteiger partial charge in [-0.15, -0.1) is 0 Å². The first-order chi connectivity index (χ1) is 6.66. The molecule has 1 radical (unpaired) electrons. The van der Waals surface area contributed by atoms with Crippen molar-refractivity contribution in [2.45, 2.75) is 12.1 Å². The molecule has 14 heavy (non-hydrogen) atoms. The zero-order valence-corrected chi connectivity index (χ0v) is 7.94. The number of nitrogens with two attached hydrogens (primary N) is 1.